The largest absolute Gasteiger partial charge is 0.490 e. The van der Waals surface area contributed by atoms with Crippen LogP contribution in [0.5, 0.6) is 5.75 Å². The van der Waals surface area contributed by atoms with Crippen LogP contribution in [0.1, 0.15) is 18.9 Å². The molecule has 1 aromatic rings. The molecule has 1 saturated heterocycles. The van der Waals surface area contributed by atoms with Crippen molar-refractivity contribution in [1.82, 2.24) is 15.2 Å². The Hall–Kier alpha value is -1.62. The third-order valence-electron chi connectivity index (χ3n) is 3.19. The van der Waals surface area contributed by atoms with Gasteiger partial charge in [0.05, 0.1) is 6.20 Å². The number of carbonyl (C=O) groups excluding carboxylic acids is 1. The molecule has 1 aromatic heterocycles. The van der Waals surface area contributed by atoms with Gasteiger partial charge in [0.1, 0.15) is 12.4 Å². The summed E-state index contributed by atoms with van der Waals surface area (Å²) in [4.78, 5) is 17.2. The van der Waals surface area contributed by atoms with E-state index in [4.69, 9.17) is 4.74 Å². The Bertz CT molecular complexity index is 422. The number of ether oxygens (including phenoxy) is 1. The zero-order valence-electron chi connectivity index (χ0n) is 10.8. The normalized spacial score (nSPS) is 19.1. The summed E-state index contributed by atoms with van der Waals surface area (Å²) in [6, 6.07) is 2.44. The summed E-state index contributed by atoms with van der Waals surface area (Å²) < 4.78 is 5.71. The van der Waals surface area contributed by atoms with Gasteiger partial charge in [-0.3, -0.25) is 14.7 Å². The highest BCUT2D eigenvalue weighted by atomic mass is 16.5. The van der Waals surface area contributed by atoms with Crippen LogP contribution in [0.4, 0.5) is 0 Å². The van der Waals surface area contributed by atoms with Gasteiger partial charge in [-0.05, 0) is 31.6 Å². The fourth-order valence-corrected chi connectivity index (χ4v) is 1.84. The van der Waals surface area contributed by atoms with Gasteiger partial charge in [-0.25, -0.2) is 0 Å². The predicted octanol–water partition coefficient (Wildman–Crippen LogP) is 0.801. The monoisotopic (exact) mass is 249 g/mol. The molecule has 0 radical (unpaired) electrons. The summed E-state index contributed by atoms with van der Waals surface area (Å²) in [5.74, 6) is 0.718. The molecule has 0 spiro atoms. The molecule has 1 amide bonds. The van der Waals surface area contributed by atoms with Crippen molar-refractivity contribution in [2.24, 2.45) is 0 Å². The number of nitrogens with one attached hydrogen (secondary N) is 1. The predicted molar refractivity (Wildman–Crippen MR) is 68.3 cm³/mol. The standard InChI is InChI=1S/C13H19N3O2/c1-10(17)15-7-11-5-13(8-14-6-11)18-9-12-3-4-16(12)2/h5-6,8,12H,3-4,7,9H2,1-2H3,(H,15,17)/t12-/m0/s1. The molecule has 0 aliphatic carbocycles. The Morgan fingerprint density at radius 2 is 2.44 bits per heavy atom. The number of nitrogens with zero attached hydrogens (tertiary/aromatic N) is 2. The second-order valence-corrected chi connectivity index (χ2v) is 4.67. The SMILES string of the molecule is CC(=O)NCc1cncc(OC[C@@H]2CCN2C)c1. The van der Waals surface area contributed by atoms with E-state index in [2.05, 4.69) is 22.2 Å². The minimum absolute atomic E-state index is 0.0441. The van der Waals surface area contributed by atoms with Gasteiger partial charge >= 0.3 is 0 Å². The molecule has 0 bridgehead atoms. The van der Waals surface area contributed by atoms with E-state index < -0.39 is 0 Å². The Labute approximate surface area is 107 Å². The molecular formula is C13H19N3O2. The van der Waals surface area contributed by atoms with E-state index in [9.17, 15) is 4.79 Å². The highest BCUT2D eigenvalue weighted by Crippen LogP contribution is 2.17. The Morgan fingerprint density at radius 1 is 1.61 bits per heavy atom. The van der Waals surface area contributed by atoms with Gasteiger partial charge in [-0.15, -0.1) is 0 Å². The van der Waals surface area contributed by atoms with Crippen molar-refractivity contribution >= 4 is 5.91 Å². The van der Waals surface area contributed by atoms with Crippen LogP contribution >= 0.6 is 0 Å². The van der Waals surface area contributed by atoms with Crippen molar-refractivity contribution in [3.05, 3.63) is 24.0 Å². The maximum atomic E-state index is 10.8. The summed E-state index contributed by atoms with van der Waals surface area (Å²) in [5, 5.41) is 2.74. The lowest BCUT2D eigenvalue weighted by Crippen LogP contribution is -2.48. The molecule has 98 valence electrons. The third kappa shape index (κ3) is 3.43. The molecule has 18 heavy (non-hydrogen) atoms. The number of likely N-dealkylation sites (tertiary alicyclic amines) is 1. The van der Waals surface area contributed by atoms with E-state index >= 15 is 0 Å². The molecule has 1 atom stereocenters. The van der Waals surface area contributed by atoms with Gasteiger partial charge in [0, 0.05) is 25.7 Å². The van der Waals surface area contributed by atoms with E-state index in [1.54, 1.807) is 12.4 Å². The average Bonchev–Trinajstić information content (AvgIpc) is 2.35. The van der Waals surface area contributed by atoms with Gasteiger partial charge in [0.2, 0.25) is 5.91 Å². The zero-order chi connectivity index (χ0) is 13.0. The van der Waals surface area contributed by atoms with Crippen LogP contribution < -0.4 is 10.1 Å². The first-order valence-corrected chi connectivity index (χ1v) is 6.16. The average molecular weight is 249 g/mol. The van der Waals surface area contributed by atoms with Crippen LogP contribution in [0, 0.1) is 0 Å². The van der Waals surface area contributed by atoms with Crippen molar-refractivity contribution in [1.29, 1.82) is 0 Å². The number of carbonyl (C=O) groups is 1. The number of likely N-dealkylation sites (N-methyl/N-ethyl adjacent to an activating group) is 1. The van der Waals surface area contributed by atoms with Gasteiger partial charge in [-0.2, -0.15) is 0 Å². The van der Waals surface area contributed by atoms with Gasteiger partial charge < -0.3 is 10.1 Å². The number of hydrogen-bond acceptors (Lipinski definition) is 4. The smallest absolute Gasteiger partial charge is 0.217 e. The lowest BCUT2D eigenvalue weighted by Gasteiger charge is -2.37. The van der Waals surface area contributed by atoms with E-state index in [-0.39, 0.29) is 5.91 Å². The molecule has 1 fully saturated rings. The molecule has 2 heterocycles. The van der Waals surface area contributed by atoms with Crippen LogP contribution in [-0.4, -0.2) is 42.0 Å². The molecular weight excluding hydrogens is 230 g/mol. The molecule has 5 nitrogen and oxygen atoms in total. The fraction of sp³-hybridized carbons (Fsp3) is 0.538. The van der Waals surface area contributed by atoms with Crippen molar-refractivity contribution in [3.63, 3.8) is 0 Å². The topological polar surface area (TPSA) is 54.5 Å². The zero-order valence-corrected chi connectivity index (χ0v) is 10.8. The van der Waals surface area contributed by atoms with Crippen LogP contribution in [-0.2, 0) is 11.3 Å². The van der Waals surface area contributed by atoms with Crippen LogP contribution in [0.3, 0.4) is 0 Å². The lowest BCUT2D eigenvalue weighted by atomic mass is 10.1. The van der Waals surface area contributed by atoms with Crippen molar-refractivity contribution in [2.45, 2.75) is 25.9 Å². The first kappa shape index (κ1) is 12.8. The molecule has 0 unspecified atom stereocenters. The Kier molecular flexibility index (Phi) is 4.15. The van der Waals surface area contributed by atoms with Gasteiger partial charge in [-0.1, -0.05) is 0 Å². The summed E-state index contributed by atoms with van der Waals surface area (Å²) in [7, 11) is 2.10. The number of aromatic nitrogens is 1. The van der Waals surface area contributed by atoms with Crippen molar-refractivity contribution in [3.8, 4) is 5.75 Å². The second kappa shape index (κ2) is 5.82. The van der Waals surface area contributed by atoms with Crippen molar-refractivity contribution < 1.29 is 9.53 Å². The Morgan fingerprint density at radius 3 is 3.06 bits per heavy atom. The highest BCUT2D eigenvalue weighted by molar-refractivity contribution is 5.72. The Balaban J connectivity index is 1.84. The van der Waals surface area contributed by atoms with Crippen LogP contribution in [0.15, 0.2) is 18.5 Å². The molecule has 0 saturated carbocycles. The lowest BCUT2D eigenvalue weighted by molar-refractivity contribution is -0.119. The number of amides is 1. The van der Waals surface area contributed by atoms with E-state index in [0.29, 0.717) is 19.2 Å². The van der Waals surface area contributed by atoms with Gasteiger partial charge in [0.25, 0.3) is 0 Å². The first-order chi connectivity index (χ1) is 8.65. The highest BCUT2D eigenvalue weighted by Gasteiger charge is 2.24. The number of pyridine rings is 1. The molecule has 5 heteroatoms. The van der Waals surface area contributed by atoms with Crippen LogP contribution in [0.2, 0.25) is 0 Å². The number of hydrogen-bond donors (Lipinski definition) is 1. The summed E-state index contributed by atoms with van der Waals surface area (Å²) in [5.41, 5.74) is 0.949. The molecule has 2 rings (SSSR count). The minimum Gasteiger partial charge on any atom is -0.490 e. The maximum Gasteiger partial charge on any atom is 0.217 e. The summed E-state index contributed by atoms with van der Waals surface area (Å²) >= 11 is 0. The van der Waals surface area contributed by atoms with Crippen LogP contribution in [0.25, 0.3) is 0 Å². The second-order valence-electron chi connectivity index (χ2n) is 4.67. The molecule has 1 aliphatic rings. The van der Waals surface area contributed by atoms with Gasteiger partial charge in [0.15, 0.2) is 0 Å². The van der Waals surface area contributed by atoms with E-state index in [0.717, 1.165) is 17.9 Å². The van der Waals surface area contributed by atoms with E-state index in [1.807, 2.05) is 6.07 Å². The molecule has 1 N–H and O–H groups in total. The first-order valence-electron chi connectivity index (χ1n) is 6.16. The number of rotatable bonds is 5. The molecule has 0 aromatic carbocycles. The van der Waals surface area contributed by atoms with E-state index in [1.165, 1.54) is 13.3 Å². The third-order valence-corrected chi connectivity index (χ3v) is 3.19. The maximum absolute atomic E-state index is 10.8. The fourth-order valence-electron chi connectivity index (χ4n) is 1.84. The minimum atomic E-state index is -0.0441. The van der Waals surface area contributed by atoms with Crippen molar-refractivity contribution in [2.75, 3.05) is 20.2 Å². The summed E-state index contributed by atoms with van der Waals surface area (Å²) in [6.45, 7) is 3.83. The summed E-state index contributed by atoms with van der Waals surface area (Å²) in [6.07, 6.45) is 4.63. The molecule has 1 aliphatic heterocycles. The quantitative estimate of drug-likeness (QED) is 0.838.